The summed E-state index contributed by atoms with van der Waals surface area (Å²) in [4.78, 5) is 64.9. The van der Waals surface area contributed by atoms with Crippen LogP contribution in [-0.4, -0.2) is 83.1 Å². The van der Waals surface area contributed by atoms with Crippen LogP contribution in [0.5, 0.6) is 0 Å². The number of carbonyl (C=O) groups is 5. The molecule has 218 valence electrons. The standard InChI is InChI=1S/C23H44N8O7/c1-13(2)12-17(31-19(34)14(25)8-9-18(32)33)21(36)29-15(7-5-11-28-23(26)27)20(35)30-16(22(37)38)6-3-4-10-24/h13-17H,3-12,24-25H2,1-2H3,(H,29,36)(H,30,35)(H,31,34)(H,32,33)(H,37,38)(H4,26,27,28)/t14-,15-,16+,17-/m0/s1. The predicted molar refractivity (Wildman–Crippen MR) is 141 cm³/mol. The number of unbranched alkanes of at least 4 members (excludes halogenated alkanes) is 1. The third-order valence-electron chi connectivity index (χ3n) is 5.49. The summed E-state index contributed by atoms with van der Waals surface area (Å²) in [6.07, 6.45) is 1.39. The van der Waals surface area contributed by atoms with Crippen molar-refractivity contribution in [2.45, 2.75) is 89.4 Å². The molecule has 0 fully saturated rings. The highest BCUT2D eigenvalue weighted by atomic mass is 16.4. The van der Waals surface area contributed by atoms with Crippen LogP contribution < -0.4 is 38.9 Å². The van der Waals surface area contributed by atoms with Crippen molar-refractivity contribution in [3.05, 3.63) is 0 Å². The fourth-order valence-electron chi connectivity index (χ4n) is 3.46. The summed E-state index contributed by atoms with van der Waals surface area (Å²) in [5.74, 6) is -4.59. The summed E-state index contributed by atoms with van der Waals surface area (Å²) in [5.41, 5.74) is 21.9. The Labute approximate surface area is 222 Å². The molecule has 0 aromatic carbocycles. The van der Waals surface area contributed by atoms with Crippen LogP contribution in [0.25, 0.3) is 0 Å². The van der Waals surface area contributed by atoms with Gasteiger partial charge in [-0.25, -0.2) is 4.79 Å². The minimum Gasteiger partial charge on any atom is -0.481 e. The Morgan fingerprint density at radius 1 is 0.789 bits per heavy atom. The van der Waals surface area contributed by atoms with E-state index in [0.717, 1.165) is 0 Å². The molecule has 0 aliphatic heterocycles. The number of carbonyl (C=O) groups excluding carboxylic acids is 3. The molecule has 0 aliphatic carbocycles. The largest absolute Gasteiger partial charge is 0.481 e. The van der Waals surface area contributed by atoms with Crippen molar-refractivity contribution in [2.24, 2.45) is 33.8 Å². The van der Waals surface area contributed by atoms with Gasteiger partial charge in [-0.1, -0.05) is 13.8 Å². The third-order valence-corrected chi connectivity index (χ3v) is 5.49. The number of carboxylic acids is 2. The lowest BCUT2D eigenvalue weighted by Gasteiger charge is -2.26. The van der Waals surface area contributed by atoms with Crippen LogP contribution in [-0.2, 0) is 24.0 Å². The van der Waals surface area contributed by atoms with E-state index in [1.165, 1.54) is 0 Å². The van der Waals surface area contributed by atoms with Crippen LogP contribution in [0.3, 0.4) is 0 Å². The van der Waals surface area contributed by atoms with E-state index >= 15 is 0 Å². The van der Waals surface area contributed by atoms with E-state index in [4.69, 9.17) is 28.0 Å². The van der Waals surface area contributed by atoms with Crippen molar-refractivity contribution in [1.82, 2.24) is 16.0 Å². The number of hydrogen-bond donors (Lipinski definition) is 9. The maximum atomic E-state index is 13.2. The minimum atomic E-state index is -1.22. The average Bonchev–Trinajstić information content (AvgIpc) is 2.82. The molecule has 0 bridgehead atoms. The Morgan fingerprint density at radius 3 is 1.87 bits per heavy atom. The molecule has 0 aliphatic rings. The van der Waals surface area contributed by atoms with Crippen molar-refractivity contribution < 1.29 is 34.2 Å². The Balaban J connectivity index is 5.60. The van der Waals surface area contributed by atoms with Gasteiger partial charge in [-0.3, -0.25) is 24.2 Å². The molecule has 13 N–H and O–H groups in total. The summed E-state index contributed by atoms with van der Waals surface area (Å²) < 4.78 is 0. The highest BCUT2D eigenvalue weighted by Gasteiger charge is 2.30. The van der Waals surface area contributed by atoms with Crippen LogP contribution in [0, 0.1) is 5.92 Å². The first-order chi connectivity index (χ1) is 17.8. The summed E-state index contributed by atoms with van der Waals surface area (Å²) in [5, 5.41) is 25.9. The van der Waals surface area contributed by atoms with E-state index in [-0.39, 0.29) is 50.5 Å². The molecule has 0 aromatic rings. The number of aliphatic imine (C=N–C) groups is 1. The lowest BCUT2D eigenvalue weighted by atomic mass is 10.0. The van der Waals surface area contributed by atoms with Gasteiger partial charge in [0, 0.05) is 13.0 Å². The van der Waals surface area contributed by atoms with Crippen LogP contribution in [0.4, 0.5) is 0 Å². The molecule has 15 nitrogen and oxygen atoms in total. The predicted octanol–water partition coefficient (Wildman–Crippen LogP) is -2.05. The number of nitrogens with zero attached hydrogens (tertiary/aromatic N) is 1. The van der Waals surface area contributed by atoms with Crippen LogP contribution in [0.1, 0.15) is 65.2 Å². The van der Waals surface area contributed by atoms with Gasteiger partial charge < -0.3 is 49.1 Å². The zero-order valence-corrected chi connectivity index (χ0v) is 22.2. The average molecular weight is 545 g/mol. The van der Waals surface area contributed by atoms with E-state index in [1.54, 1.807) is 0 Å². The van der Waals surface area contributed by atoms with E-state index in [0.29, 0.717) is 25.8 Å². The first-order valence-corrected chi connectivity index (χ1v) is 12.6. The van der Waals surface area contributed by atoms with Gasteiger partial charge in [0.2, 0.25) is 17.7 Å². The molecule has 0 aromatic heterocycles. The Morgan fingerprint density at radius 2 is 1.34 bits per heavy atom. The summed E-state index contributed by atoms with van der Waals surface area (Å²) in [6.45, 7) is 4.21. The first kappa shape index (κ1) is 34.5. The van der Waals surface area contributed by atoms with Gasteiger partial charge in [-0.2, -0.15) is 0 Å². The second-order valence-electron chi connectivity index (χ2n) is 9.42. The smallest absolute Gasteiger partial charge is 0.326 e. The van der Waals surface area contributed by atoms with Crippen molar-refractivity contribution in [1.29, 1.82) is 0 Å². The number of aliphatic carboxylic acids is 2. The molecule has 0 unspecified atom stereocenters. The quantitative estimate of drug-likeness (QED) is 0.0456. The molecule has 0 radical (unpaired) electrons. The number of nitrogens with two attached hydrogens (primary N) is 4. The SMILES string of the molecule is CC(C)C[C@H](NC(=O)[C@@H](N)CCC(=O)O)C(=O)N[C@@H](CCCN=C(N)N)C(=O)N[C@H](CCCCN)C(=O)O. The van der Waals surface area contributed by atoms with E-state index in [1.807, 2.05) is 13.8 Å². The Kier molecular flexibility index (Phi) is 17.0. The fraction of sp³-hybridized carbons (Fsp3) is 0.739. The highest BCUT2D eigenvalue weighted by Crippen LogP contribution is 2.09. The normalized spacial score (nSPS) is 14.0. The third kappa shape index (κ3) is 15.6. The molecule has 0 rings (SSSR count). The van der Waals surface area contributed by atoms with Crippen molar-refractivity contribution >= 4 is 35.6 Å². The van der Waals surface area contributed by atoms with E-state index in [9.17, 15) is 29.1 Å². The molecule has 0 heterocycles. The maximum Gasteiger partial charge on any atom is 0.326 e. The molecule has 15 heteroatoms. The van der Waals surface area contributed by atoms with Gasteiger partial charge in [-0.15, -0.1) is 0 Å². The Hall–Kier alpha value is -3.46. The topological polar surface area (TPSA) is 278 Å². The Bertz CT molecular complexity index is 818. The van der Waals surface area contributed by atoms with Crippen molar-refractivity contribution in [2.75, 3.05) is 13.1 Å². The van der Waals surface area contributed by atoms with Gasteiger partial charge in [0.1, 0.15) is 18.1 Å². The van der Waals surface area contributed by atoms with Crippen molar-refractivity contribution in [3.8, 4) is 0 Å². The lowest BCUT2D eigenvalue weighted by molar-refractivity contribution is -0.142. The molecule has 0 saturated heterocycles. The van der Waals surface area contributed by atoms with E-state index < -0.39 is 53.8 Å². The second kappa shape index (κ2) is 18.7. The fourth-order valence-corrected chi connectivity index (χ4v) is 3.46. The second-order valence-corrected chi connectivity index (χ2v) is 9.42. The molecule has 4 atom stereocenters. The van der Waals surface area contributed by atoms with Crippen molar-refractivity contribution in [3.63, 3.8) is 0 Å². The zero-order valence-electron chi connectivity index (χ0n) is 22.2. The van der Waals surface area contributed by atoms with Gasteiger partial charge in [-0.05, 0) is 57.4 Å². The van der Waals surface area contributed by atoms with E-state index in [2.05, 4.69) is 20.9 Å². The van der Waals surface area contributed by atoms with Crippen LogP contribution >= 0.6 is 0 Å². The van der Waals surface area contributed by atoms with Gasteiger partial charge in [0.15, 0.2) is 5.96 Å². The van der Waals surface area contributed by atoms with Gasteiger partial charge in [0.25, 0.3) is 0 Å². The first-order valence-electron chi connectivity index (χ1n) is 12.6. The monoisotopic (exact) mass is 544 g/mol. The number of hydrogen-bond acceptors (Lipinski definition) is 8. The lowest BCUT2D eigenvalue weighted by Crippen LogP contribution is -2.57. The van der Waals surface area contributed by atoms with Gasteiger partial charge >= 0.3 is 11.9 Å². The van der Waals surface area contributed by atoms with Gasteiger partial charge in [0.05, 0.1) is 6.04 Å². The number of carboxylic acid groups (broad SMARTS) is 2. The number of rotatable bonds is 20. The van der Waals surface area contributed by atoms with Crippen LogP contribution in [0.15, 0.2) is 4.99 Å². The molecule has 3 amide bonds. The van der Waals surface area contributed by atoms with Crippen LogP contribution in [0.2, 0.25) is 0 Å². The zero-order chi connectivity index (χ0) is 29.3. The molecule has 0 saturated carbocycles. The summed E-state index contributed by atoms with van der Waals surface area (Å²) in [7, 11) is 0. The molecule has 38 heavy (non-hydrogen) atoms. The minimum absolute atomic E-state index is 0.0330. The number of nitrogens with one attached hydrogen (secondary N) is 3. The summed E-state index contributed by atoms with van der Waals surface area (Å²) in [6, 6.07) is -4.52. The summed E-state index contributed by atoms with van der Waals surface area (Å²) >= 11 is 0. The maximum absolute atomic E-state index is 13.2. The number of guanidine groups is 1. The molecular formula is C23H44N8O7. The number of amides is 3. The highest BCUT2D eigenvalue weighted by molar-refractivity contribution is 5.94. The molecule has 0 spiro atoms. The molecular weight excluding hydrogens is 500 g/mol.